The second-order valence-electron chi connectivity index (χ2n) is 3.88. The molecule has 0 saturated heterocycles. The quantitative estimate of drug-likeness (QED) is 0.888. The molecule has 0 amide bonds. The lowest BCUT2D eigenvalue weighted by Crippen LogP contribution is -2.12. The fourth-order valence-electron chi connectivity index (χ4n) is 1.74. The molecule has 0 aliphatic carbocycles. The van der Waals surface area contributed by atoms with Crippen molar-refractivity contribution in [2.45, 2.75) is 33.5 Å². The number of thiophene rings is 1. The Kier molecular flexibility index (Phi) is 3.91. The van der Waals surface area contributed by atoms with Crippen LogP contribution >= 0.6 is 11.3 Å². The zero-order chi connectivity index (χ0) is 12.3. The number of nitrogens with one attached hydrogen (secondary N) is 1. The van der Waals surface area contributed by atoms with E-state index in [0.717, 1.165) is 18.0 Å². The van der Waals surface area contributed by atoms with Gasteiger partial charge in [-0.1, -0.05) is 0 Å². The van der Waals surface area contributed by atoms with Gasteiger partial charge in [0, 0.05) is 35.8 Å². The molecule has 0 saturated carbocycles. The molecule has 0 aromatic carbocycles. The van der Waals surface area contributed by atoms with Crippen molar-refractivity contribution in [1.29, 1.82) is 0 Å². The maximum atomic E-state index is 12.8. The highest BCUT2D eigenvalue weighted by Crippen LogP contribution is 2.14. The number of halogens is 1. The fraction of sp³-hybridized carbons (Fsp3) is 0.417. The fourth-order valence-corrected chi connectivity index (χ4v) is 2.44. The Hall–Kier alpha value is -1.20. The average Bonchev–Trinajstić information content (AvgIpc) is 2.87. The summed E-state index contributed by atoms with van der Waals surface area (Å²) in [6, 6.07) is 3.32. The zero-order valence-corrected chi connectivity index (χ0v) is 10.9. The van der Waals surface area contributed by atoms with Gasteiger partial charge in [-0.05, 0) is 26.0 Å². The summed E-state index contributed by atoms with van der Waals surface area (Å²) < 4.78 is 14.7. The molecule has 0 spiro atoms. The standard InChI is InChI=1S/C12H16FN3S/c1-3-16-9(2)10(7-15-16)6-14-8-11-4-5-12(13)17-11/h4-5,7,14H,3,6,8H2,1-2H3. The van der Waals surface area contributed by atoms with Crippen molar-refractivity contribution < 1.29 is 4.39 Å². The highest BCUT2D eigenvalue weighted by molar-refractivity contribution is 7.10. The van der Waals surface area contributed by atoms with Crippen molar-refractivity contribution in [2.24, 2.45) is 0 Å². The first-order chi connectivity index (χ1) is 8.20. The third-order valence-corrected chi connectivity index (χ3v) is 3.62. The van der Waals surface area contributed by atoms with Crippen LogP contribution in [0.25, 0.3) is 0 Å². The summed E-state index contributed by atoms with van der Waals surface area (Å²) in [5, 5.41) is 7.46. The van der Waals surface area contributed by atoms with Crippen LogP contribution in [0.2, 0.25) is 0 Å². The average molecular weight is 253 g/mol. The number of nitrogens with zero attached hydrogens (tertiary/aromatic N) is 2. The monoisotopic (exact) mass is 253 g/mol. The molecule has 2 aromatic rings. The molecular formula is C12H16FN3S. The second-order valence-corrected chi connectivity index (χ2v) is 5.00. The summed E-state index contributed by atoms with van der Waals surface area (Å²) >= 11 is 1.19. The summed E-state index contributed by atoms with van der Waals surface area (Å²) in [4.78, 5) is 1.02. The molecule has 0 fully saturated rings. The Balaban J connectivity index is 1.87. The minimum atomic E-state index is -0.128. The van der Waals surface area contributed by atoms with E-state index >= 15 is 0 Å². The smallest absolute Gasteiger partial charge is 0.176 e. The molecule has 2 rings (SSSR count). The van der Waals surface area contributed by atoms with Crippen molar-refractivity contribution in [2.75, 3.05) is 0 Å². The van der Waals surface area contributed by atoms with E-state index < -0.39 is 0 Å². The summed E-state index contributed by atoms with van der Waals surface area (Å²) in [5.41, 5.74) is 2.39. The van der Waals surface area contributed by atoms with Gasteiger partial charge >= 0.3 is 0 Å². The summed E-state index contributed by atoms with van der Waals surface area (Å²) in [6.07, 6.45) is 1.89. The van der Waals surface area contributed by atoms with Crippen LogP contribution in [0.3, 0.4) is 0 Å². The van der Waals surface area contributed by atoms with E-state index in [4.69, 9.17) is 0 Å². The lowest BCUT2D eigenvalue weighted by Gasteiger charge is -2.03. The molecule has 0 unspecified atom stereocenters. The van der Waals surface area contributed by atoms with Crippen molar-refractivity contribution in [3.05, 3.63) is 39.6 Å². The number of hydrogen-bond donors (Lipinski definition) is 1. The normalized spacial score (nSPS) is 11.0. The van der Waals surface area contributed by atoms with Crippen LogP contribution in [0.5, 0.6) is 0 Å². The van der Waals surface area contributed by atoms with Gasteiger partial charge in [-0.25, -0.2) is 0 Å². The summed E-state index contributed by atoms with van der Waals surface area (Å²) in [6.45, 7) is 6.50. The van der Waals surface area contributed by atoms with Gasteiger partial charge in [-0.2, -0.15) is 9.49 Å². The first-order valence-electron chi connectivity index (χ1n) is 5.67. The van der Waals surface area contributed by atoms with Gasteiger partial charge in [0.25, 0.3) is 0 Å². The topological polar surface area (TPSA) is 29.9 Å². The molecule has 3 nitrogen and oxygen atoms in total. The lowest BCUT2D eigenvalue weighted by molar-refractivity contribution is 0.634. The van der Waals surface area contributed by atoms with Gasteiger partial charge in [0.1, 0.15) is 0 Å². The van der Waals surface area contributed by atoms with E-state index in [-0.39, 0.29) is 5.13 Å². The molecule has 92 valence electrons. The molecule has 0 atom stereocenters. The highest BCUT2D eigenvalue weighted by atomic mass is 32.1. The Morgan fingerprint density at radius 1 is 1.41 bits per heavy atom. The predicted molar refractivity (Wildman–Crippen MR) is 67.5 cm³/mol. The SMILES string of the molecule is CCn1ncc(CNCc2ccc(F)s2)c1C. The highest BCUT2D eigenvalue weighted by Gasteiger charge is 2.05. The molecule has 2 aromatic heterocycles. The first-order valence-corrected chi connectivity index (χ1v) is 6.48. The maximum Gasteiger partial charge on any atom is 0.176 e. The Morgan fingerprint density at radius 2 is 2.24 bits per heavy atom. The van der Waals surface area contributed by atoms with E-state index in [9.17, 15) is 4.39 Å². The van der Waals surface area contributed by atoms with Crippen molar-refractivity contribution in [3.63, 3.8) is 0 Å². The molecule has 2 heterocycles. The van der Waals surface area contributed by atoms with Crippen LogP contribution < -0.4 is 5.32 Å². The van der Waals surface area contributed by atoms with Gasteiger partial charge in [0.05, 0.1) is 6.20 Å². The summed E-state index contributed by atoms with van der Waals surface area (Å²) in [5.74, 6) is 0. The van der Waals surface area contributed by atoms with Gasteiger partial charge < -0.3 is 5.32 Å². The van der Waals surface area contributed by atoms with E-state index in [0.29, 0.717) is 6.54 Å². The van der Waals surface area contributed by atoms with Gasteiger partial charge in [-0.3, -0.25) is 4.68 Å². The molecule has 5 heteroatoms. The molecule has 0 aliphatic rings. The van der Waals surface area contributed by atoms with Crippen LogP contribution in [-0.2, 0) is 19.6 Å². The second kappa shape index (κ2) is 5.42. The number of aromatic nitrogens is 2. The Bertz CT molecular complexity index is 490. The Labute approximate surface area is 104 Å². The van der Waals surface area contributed by atoms with Crippen molar-refractivity contribution >= 4 is 11.3 Å². The largest absolute Gasteiger partial charge is 0.308 e. The van der Waals surface area contributed by atoms with Crippen LogP contribution in [0.4, 0.5) is 4.39 Å². The van der Waals surface area contributed by atoms with Crippen molar-refractivity contribution in [3.8, 4) is 0 Å². The van der Waals surface area contributed by atoms with E-state index in [1.54, 1.807) is 0 Å². The molecule has 17 heavy (non-hydrogen) atoms. The Morgan fingerprint density at radius 3 is 2.82 bits per heavy atom. The van der Waals surface area contributed by atoms with Crippen LogP contribution in [0.1, 0.15) is 23.1 Å². The van der Waals surface area contributed by atoms with E-state index in [2.05, 4.69) is 24.3 Å². The predicted octanol–water partition coefficient (Wildman–Crippen LogP) is 2.70. The molecule has 0 radical (unpaired) electrons. The molecule has 0 bridgehead atoms. The van der Waals surface area contributed by atoms with Crippen LogP contribution in [-0.4, -0.2) is 9.78 Å². The number of hydrogen-bond acceptors (Lipinski definition) is 3. The van der Waals surface area contributed by atoms with E-state index in [1.165, 1.54) is 28.7 Å². The zero-order valence-electron chi connectivity index (χ0n) is 10.0. The van der Waals surface area contributed by atoms with Gasteiger partial charge in [0.2, 0.25) is 0 Å². The third-order valence-electron chi connectivity index (χ3n) is 2.75. The molecule has 1 N–H and O–H groups in total. The lowest BCUT2D eigenvalue weighted by atomic mass is 10.2. The van der Waals surface area contributed by atoms with Gasteiger partial charge in [-0.15, -0.1) is 11.3 Å². The minimum Gasteiger partial charge on any atom is -0.308 e. The molecule has 0 aliphatic heterocycles. The number of rotatable bonds is 5. The maximum absolute atomic E-state index is 12.8. The molecular weight excluding hydrogens is 237 g/mol. The minimum absolute atomic E-state index is 0.128. The third kappa shape index (κ3) is 2.92. The van der Waals surface area contributed by atoms with Gasteiger partial charge in [0.15, 0.2) is 5.13 Å². The number of aryl methyl sites for hydroxylation is 1. The van der Waals surface area contributed by atoms with Crippen LogP contribution in [0, 0.1) is 12.1 Å². The first kappa shape index (κ1) is 12.3. The van der Waals surface area contributed by atoms with Crippen molar-refractivity contribution in [1.82, 2.24) is 15.1 Å². The van der Waals surface area contributed by atoms with E-state index in [1.807, 2.05) is 16.9 Å². The van der Waals surface area contributed by atoms with Crippen LogP contribution in [0.15, 0.2) is 18.3 Å². The summed E-state index contributed by atoms with van der Waals surface area (Å²) in [7, 11) is 0.